The van der Waals surface area contributed by atoms with Gasteiger partial charge in [-0.25, -0.2) is 0 Å². The lowest BCUT2D eigenvalue weighted by atomic mass is 9.86. The summed E-state index contributed by atoms with van der Waals surface area (Å²) in [5.41, 5.74) is -2.64. The fourth-order valence-electron chi connectivity index (χ4n) is 2.62. The zero-order valence-corrected chi connectivity index (χ0v) is 16.1. The average molecular weight is 369 g/mol. The molecule has 26 heavy (non-hydrogen) atoms. The van der Waals surface area contributed by atoms with Crippen molar-refractivity contribution in [3.05, 3.63) is 34.9 Å². The molecule has 0 saturated carbocycles. The third kappa shape index (κ3) is 5.21. The number of halogens is 3. The molecule has 4 nitrogen and oxygen atoms in total. The van der Waals surface area contributed by atoms with Gasteiger partial charge in [0.1, 0.15) is 5.54 Å². The standard InChI is InChI=1S/C19H26F3N3O/c1-17(2,3)9-10-24-18(4,16(26)25(5)6)14-8-7-13(12-23)15(11-14)19(20,21)22/h7-8,11,24H,9-10H2,1-6H3/t18-/m1/s1. The number of hydrogen-bond donors (Lipinski definition) is 1. The highest BCUT2D eigenvalue weighted by atomic mass is 19.4. The van der Waals surface area contributed by atoms with Gasteiger partial charge in [0.05, 0.1) is 17.2 Å². The van der Waals surface area contributed by atoms with E-state index in [0.717, 1.165) is 18.6 Å². The van der Waals surface area contributed by atoms with Crippen molar-refractivity contribution in [2.45, 2.75) is 45.8 Å². The highest BCUT2D eigenvalue weighted by Gasteiger charge is 2.40. The lowest BCUT2D eigenvalue weighted by Gasteiger charge is -2.34. The van der Waals surface area contributed by atoms with E-state index >= 15 is 0 Å². The maximum Gasteiger partial charge on any atom is 0.417 e. The van der Waals surface area contributed by atoms with Crippen molar-refractivity contribution in [3.63, 3.8) is 0 Å². The molecule has 0 aromatic heterocycles. The van der Waals surface area contributed by atoms with Crippen LogP contribution in [-0.2, 0) is 16.5 Å². The molecule has 1 aromatic rings. The van der Waals surface area contributed by atoms with Crippen LogP contribution in [-0.4, -0.2) is 31.4 Å². The maximum absolute atomic E-state index is 13.3. The van der Waals surface area contributed by atoms with Crippen LogP contribution in [0.4, 0.5) is 13.2 Å². The second-order valence-electron chi connectivity index (χ2n) is 7.93. The molecule has 0 aliphatic carbocycles. The summed E-state index contributed by atoms with van der Waals surface area (Å²) in [6, 6.07) is 4.97. The van der Waals surface area contributed by atoms with Gasteiger partial charge in [-0.2, -0.15) is 18.4 Å². The van der Waals surface area contributed by atoms with Crippen LogP contribution >= 0.6 is 0 Å². The van der Waals surface area contributed by atoms with Gasteiger partial charge in [0, 0.05) is 14.1 Å². The molecule has 0 spiro atoms. The smallest absolute Gasteiger partial charge is 0.347 e. The van der Waals surface area contributed by atoms with Crippen LogP contribution in [0.3, 0.4) is 0 Å². The number of amides is 1. The van der Waals surface area contributed by atoms with Gasteiger partial charge in [-0.05, 0) is 43.0 Å². The van der Waals surface area contributed by atoms with E-state index in [0.29, 0.717) is 6.54 Å². The van der Waals surface area contributed by atoms with Crippen molar-refractivity contribution < 1.29 is 18.0 Å². The van der Waals surface area contributed by atoms with Crippen molar-refractivity contribution in [1.29, 1.82) is 5.26 Å². The quantitative estimate of drug-likeness (QED) is 0.856. The molecule has 1 rings (SSSR count). The molecule has 0 heterocycles. The Balaban J connectivity index is 3.39. The summed E-state index contributed by atoms with van der Waals surface area (Å²) in [5.74, 6) is -0.357. The second-order valence-corrected chi connectivity index (χ2v) is 7.93. The molecule has 1 aromatic carbocycles. The Labute approximate surface area is 153 Å². The summed E-state index contributed by atoms with van der Waals surface area (Å²) in [7, 11) is 3.11. The number of rotatable bonds is 5. The van der Waals surface area contributed by atoms with Gasteiger partial charge in [0.2, 0.25) is 5.91 Å². The van der Waals surface area contributed by atoms with Gasteiger partial charge in [-0.3, -0.25) is 10.1 Å². The van der Waals surface area contributed by atoms with Gasteiger partial charge in [-0.1, -0.05) is 26.8 Å². The molecule has 0 aliphatic rings. The normalized spacial score (nSPS) is 14.5. The molecule has 1 atom stereocenters. The number of carbonyl (C=O) groups is 1. The van der Waals surface area contributed by atoms with Gasteiger partial charge >= 0.3 is 6.18 Å². The zero-order valence-electron chi connectivity index (χ0n) is 16.1. The molecule has 0 fully saturated rings. The van der Waals surface area contributed by atoms with Crippen molar-refractivity contribution in [1.82, 2.24) is 10.2 Å². The van der Waals surface area contributed by atoms with Gasteiger partial charge in [0.25, 0.3) is 0 Å². The predicted octanol–water partition coefficient (Wildman–Crippen LogP) is 3.91. The van der Waals surface area contributed by atoms with Crippen LogP contribution in [0.2, 0.25) is 0 Å². The fourth-order valence-corrected chi connectivity index (χ4v) is 2.62. The lowest BCUT2D eigenvalue weighted by Crippen LogP contribution is -2.52. The van der Waals surface area contributed by atoms with E-state index < -0.39 is 22.8 Å². The summed E-state index contributed by atoms with van der Waals surface area (Å²) in [6.45, 7) is 8.16. The molecule has 0 saturated heterocycles. The van der Waals surface area contributed by atoms with Crippen molar-refractivity contribution in [2.24, 2.45) is 5.41 Å². The summed E-state index contributed by atoms with van der Waals surface area (Å²) >= 11 is 0. The summed E-state index contributed by atoms with van der Waals surface area (Å²) in [5, 5.41) is 12.1. The predicted molar refractivity (Wildman–Crippen MR) is 94.3 cm³/mol. The number of nitrogens with one attached hydrogen (secondary N) is 1. The van der Waals surface area contributed by atoms with Gasteiger partial charge in [0.15, 0.2) is 0 Å². The van der Waals surface area contributed by atoms with E-state index in [1.54, 1.807) is 27.1 Å². The van der Waals surface area contributed by atoms with E-state index in [1.807, 2.05) is 20.8 Å². The molecule has 0 aliphatic heterocycles. The number of likely N-dealkylation sites (N-methyl/N-ethyl adjacent to an activating group) is 1. The first-order chi connectivity index (χ1) is 11.7. The zero-order chi connectivity index (χ0) is 20.3. The monoisotopic (exact) mass is 369 g/mol. The van der Waals surface area contributed by atoms with Crippen LogP contribution in [0.5, 0.6) is 0 Å². The van der Waals surface area contributed by atoms with Crippen molar-refractivity contribution in [2.75, 3.05) is 20.6 Å². The Kier molecular flexibility index (Phi) is 6.48. The van der Waals surface area contributed by atoms with Gasteiger partial charge in [-0.15, -0.1) is 0 Å². The number of nitriles is 1. The van der Waals surface area contributed by atoms with Crippen molar-refractivity contribution >= 4 is 5.91 Å². The first-order valence-electron chi connectivity index (χ1n) is 8.31. The summed E-state index contributed by atoms with van der Waals surface area (Å²) < 4.78 is 39.9. The maximum atomic E-state index is 13.3. The van der Waals surface area contributed by atoms with Crippen LogP contribution in [0.15, 0.2) is 18.2 Å². The second kappa shape index (κ2) is 7.67. The minimum Gasteiger partial charge on any atom is -0.347 e. The highest BCUT2D eigenvalue weighted by molar-refractivity contribution is 5.87. The SMILES string of the molecule is CN(C)C(=O)[C@](C)(NCCC(C)(C)C)c1ccc(C#N)c(C(F)(F)F)c1. The number of carbonyl (C=O) groups excluding carboxylic acids is 1. The van der Waals surface area contributed by atoms with Gasteiger partial charge < -0.3 is 4.90 Å². The molecule has 0 radical (unpaired) electrons. The van der Waals surface area contributed by atoms with Crippen LogP contribution in [0.1, 0.15) is 50.8 Å². The molecular formula is C19H26F3N3O. The molecule has 0 unspecified atom stereocenters. The minimum atomic E-state index is -4.67. The minimum absolute atomic E-state index is 0.0108. The van der Waals surface area contributed by atoms with E-state index in [-0.39, 0.29) is 16.9 Å². The van der Waals surface area contributed by atoms with Crippen molar-refractivity contribution in [3.8, 4) is 6.07 Å². The Morgan fingerprint density at radius 2 is 1.77 bits per heavy atom. The Bertz CT molecular complexity index is 699. The number of alkyl halides is 3. The molecule has 7 heteroatoms. The van der Waals surface area contributed by atoms with E-state index in [2.05, 4.69) is 5.32 Å². The third-order valence-corrected chi connectivity index (χ3v) is 4.21. The van der Waals surface area contributed by atoms with E-state index in [9.17, 15) is 18.0 Å². The summed E-state index contributed by atoms with van der Waals surface area (Å²) in [4.78, 5) is 14.1. The first-order valence-corrected chi connectivity index (χ1v) is 8.31. The van der Waals surface area contributed by atoms with E-state index in [4.69, 9.17) is 5.26 Å². The van der Waals surface area contributed by atoms with Crippen LogP contribution in [0, 0.1) is 16.7 Å². The first kappa shape index (κ1) is 22.0. The molecule has 1 N–H and O–H groups in total. The highest BCUT2D eigenvalue weighted by Crippen LogP contribution is 2.35. The fraction of sp³-hybridized carbons (Fsp3) is 0.579. The number of benzene rings is 1. The van der Waals surface area contributed by atoms with E-state index in [1.165, 1.54) is 11.0 Å². The molecule has 1 amide bonds. The molecule has 0 bridgehead atoms. The molecular weight excluding hydrogens is 343 g/mol. The largest absolute Gasteiger partial charge is 0.417 e. The van der Waals surface area contributed by atoms with Crippen LogP contribution in [0.25, 0.3) is 0 Å². The number of nitrogens with zero attached hydrogens (tertiary/aromatic N) is 2. The summed E-state index contributed by atoms with van der Waals surface area (Å²) in [6.07, 6.45) is -3.93. The topological polar surface area (TPSA) is 56.1 Å². The van der Waals surface area contributed by atoms with Crippen LogP contribution < -0.4 is 5.32 Å². The lowest BCUT2D eigenvalue weighted by molar-refractivity contribution is -0.139. The third-order valence-electron chi connectivity index (χ3n) is 4.21. The Hall–Kier alpha value is -2.07. The molecule has 144 valence electrons. The number of hydrogen-bond acceptors (Lipinski definition) is 3. The average Bonchev–Trinajstić information content (AvgIpc) is 2.51. The Morgan fingerprint density at radius 1 is 1.19 bits per heavy atom. The Morgan fingerprint density at radius 3 is 2.19 bits per heavy atom.